The van der Waals surface area contributed by atoms with Crippen molar-refractivity contribution >= 4 is 17.1 Å². The Hall–Kier alpha value is -4.30. The van der Waals surface area contributed by atoms with Crippen molar-refractivity contribution in [2.24, 2.45) is 29.1 Å². The molecule has 5 aromatic carbocycles. The van der Waals surface area contributed by atoms with Crippen molar-refractivity contribution in [2.45, 2.75) is 108 Å². The molecule has 1 aliphatic heterocycles. The maximum absolute atomic E-state index is 6.92. The van der Waals surface area contributed by atoms with Gasteiger partial charge in [-0.25, -0.2) is 0 Å². The lowest BCUT2D eigenvalue weighted by Crippen LogP contribution is -2.64. The molecule has 3 bridgehead atoms. The fourth-order valence-corrected chi connectivity index (χ4v) is 14.5. The van der Waals surface area contributed by atoms with Gasteiger partial charge in [-0.3, -0.25) is 0 Å². The zero-order valence-corrected chi connectivity index (χ0v) is 32.9. The molecule has 4 saturated carbocycles. The molecule has 4 unspecified atom stereocenters. The van der Waals surface area contributed by atoms with Crippen molar-refractivity contribution in [1.82, 2.24) is 0 Å². The summed E-state index contributed by atoms with van der Waals surface area (Å²) in [7, 11) is 0. The molecule has 272 valence electrons. The predicted molar refractivity (Wildman–Crippen MR) is 221 cm³/mol. The highest BCUT2D eigenvalue weighted by Crippen LogP contribution is 2.85. The lowest BCUT2D eigenvalue weighted by molar-refractivity contribution is -0.0882. The molecular weight excluding hydrogens is 655 g/mol. The maximum atomic E-state index is 6.92. The molecule has 2 spiro atoms. The van der Waals surface area contributed by atoms with Crippen LogP contribution in [0.1, 0.15) is 120 Å². The lowest BCUT2D eigenvalue weighted by Gasteiger charge is -2.66. The van der Waals surface area contributed by atoms with Crippen molar-refractivity contribution in [2.75, 3.05) is 4.90 Å². The summed E-state index contributed by atoms with van der Waals surface area (Å²) in [6.45, 7) is 14.6. The van der Waals surface area contributed by atoms with E-state index in [9.17, 15) is 0 Å². The second kappa shape index (κ2) is 10.1. The number of hydrogen-bond acceptors (Lipinski definition) is 2. The van der Waals surface area contributed by atoms with Gasteiger partial charge in [0.1, 0.15) is 11.5 Å². The van der Waals surface area contributed by atoms with E-state index in [4.69, 9.17) is 4.74 Å². The third-order valence-electron chi connectivity index (χ3n) is 16.8. The minimum atomic E-state index is -0.0754. The van der Waals surface area contributed by atoms with Gasteiger partial charge in [-0.15, -0.1) is 0 Å². The van der Waals surface area contributed by atoms with Gasteiger partial charge in [0, 0.05) is 39.0 Å². The highest BCUT2D eigenvalue weighted by atomic mass is 16.5. The van der Waals surface area contributed by atoms with Gasteiger partial charge in [-0.2, -0.15) is 0 Å². The van der Waals surface area contributed by atoms with Crippen LogP contribution in [0, 0.1) is 29.1 Å². The van der Waals surface area contributed by atoms with Crippen LogP contribution in [0.25, 0.3) is 11.1 Å². The van der Waals surface area contributed by atoms with E-state index in [1.165, 1.54) is 107 Å². The van der Waals surface area contributed by atoms with Crippen molar-refractivity contribution < 1.29 is 4.74 Å². The van der Waals surface area contributed by atoms with E-state index in [1.807, 2.05) is 0 Å². The van der Waals surface area contributed by atoms with Gasteiger partial charge in [0.25, 0.3) is 0 Å². The molecule has 7 aliphatic rings. The summed E-state index contributed by atoms with van der Waals surface area (Å²) >= 11 is 0. The second-order valence-electron chi connectivity index (χ2n) is 20.6. The third-order valence-corrected chi connectivity index (χ3v) is 16.8. The summed E-state index contributed by atoms with van der Waals surface area (Å²) in [6.07, 6.45) is 9.56. The number of ether oxygens (including phenoxy) is 1. The van der Waals surface area contributed by atoms with Crippen molar-refractivity contribution in [3.8, 4) is 22.6 Å². The number of para-hydroxylation sites is 1. The molecule has 0 saturated heterocycles. The van der Waals surface area contributed by atoms with Gasteiger partial charge in [-0.05, 0) is 167 Å². The second-order valence-corrected chi connectivity index (χ2v) is 20.6. The molecule has 2 nitrogen and oxygen atoms in total. The van der Waals surface area contributed by atoms with E-state index in [0.29, 0.717) is 17.3 Å². The fourth-order valence-electron chi connectivity index (χ4n) is 14.5. The topological polar surface area (TPSA) is 12.5 Å². The standard InChI is InChI=1S/C52H53NO/c1-48(2)21-22-49(3,4)42-27-34(16-19-39(42)48)53(33-15-18-37-36-11-7-8-12-38(36)50(5,6)41(37)26-33)35-17-20-45-43(28-35)52(40-13-9-10-14-44(40)54-45)46-24-31-23-32-25-47(52)51(46,29-31)30-32/h7-20,26-28,31-32,46-47H,21-25,29-30H2,1-6H3. The Bertz CT molecular complexity index is 2420. The molecular formula is C52H53NO. The Morgan fingerprint density at radius 3 is 1.80 bits per heavy atom. The summed E-state index contributed by atoms with van der Waals surface area (Å²) in [4.78, 5) is 2.60. The molecule has 0 aromatic heterocycles. The number of rotatable bonds is 3. The van der Waals surface area contributed by atoms with Gasteiger partial charge in [0.2, 0.25) is 0 Å². The first kappa shape index (κ1) is 32.0. The summed E-state index contributed by atoms with van der Waals surface area (Å²) in [5, 5.41) is 0. The average molecular weight is 708 g/mol. The molecule has 12 rings (SSSR count). The van der Waals surface area contributed by atoms with Crippen LogP contribution in [0.3, 0.4) is 0 Å². The van der Waals surface area contributed by atoms with Gasteiger partial charge < -0.3 is 9.64 Å². The molecule has 0 amide bonds. The van der Waals surface area contributed by atoms with E-state index in [1.54, 1.807) is 0 Å². The first-order valence-electron chi connectivity index (χ1n) is 21.0. The van der Waals surface area contributed by atoms with Crippen LogP contribution in [-0.2, 0) is 21.7 Å². The Kier molecular flexibility index (Phi) is 5.99. The third kappa shape index (κ3) is 3.79. The zero-order chi connectivity index (χ0) is 36.6. The predicted octanol–water partition coefficient (Wildman–Crippen LogP) is 13.7. The van der Waals surface area contributed by atoms with E-state index in [2.05, 4.69) is 150 Å². The molecule has 6 aliphatic carbocycles. The zero-order valence-electron chi connectivity index (χ0n) is 32.9. The van der Waals surface area contributed by atoms with Gasteiger partial charge >= 0.3 is 0 Å². The highest BCUT2D eigenvalue weighted by Gasteiger charge is 2.79. The molecule has 4 atom stereocenters. The molecule has 0 radical (unpaired) electrons. The average Bonchev–Trinajstić information content (AvgIpc) is 3.66. The lowest BCUT2D eigenvalue weighted by atomic mass is 9.37. The van der Waals surface area contributed by atoms with Gasteiger partial charge in [0.15, 0.2) is 0 Å². The van der Waals surface area contributed by atoms with Crippen LogP contribution in [-0.4, -0.2) is 0 Å². The monoisotopic (exact) mass is 707 g/mol. The number of anilines is 3. The van der Waals surface area contributed by atoms with Crippen molar-refractivity contribution in [3.05, 3.63) is 137 Å². The maximum Gasteiger partial charge on any atom is 0.131 e. The largest absolute Gasteiger partial charge is 0.457 e. The first-order chi connectivity index (χ1) is 25.9. The number of benzene rings is 5. The van der Waals surface area contributed by atoms with Gasteiger partial charge in [0.05, 0.1) is 0 Å². The number of hydrogen-bond donors (Lipinski definition) is 0. The SMILES string of the molecule is CC1(C)CCC(C)(C)c2cc(N(c3ccc4c(c3)C(C)(C)c3ccccc3-4)c3ccc4c(c3)C3(c5ccccc5O4)C4CC5CC6CC3C4(C5)C6)ccc21. The summed E-state index contributed by atoms with van der Waals surface area (Å²) in [5.41, 5.74) is 16.0. The van der Waals surface area contributed by atoms with Crippen molar-refractivity contribution in [1.29, 1.82) is 0 Å². The molecule has 4 fully saturated rings. The van der Waals surface area contributed by atoms with Gasteiger partial charge in [-0.1, -0.05) is 96.1 Å². The fraction of sp³-hybridized carbons (Fsp3) is 0.423. The summed E-state index contributed by atoms with van der Waals surface area (Å²) in [5.74, 6) is 5.38. The van der Waals surface area contributed by atoms with E-state index < -0.39 is 0 Å². The molecule has 1 heterocycles. The quantitative estimate of drug-likeness (QED) is 0.185. The summed E-state index contributed by atoms with van der Waals surface area (Å²) in [6, 6.07) is 40.2. The van der Waals surface area contributed by atoms with Crippen LogP contribution in [0.4, 0.5) is 17.1 Å². The molecule has 5 aromatic rings. The first-order valence-corrected chi connectivity index (χ1v) is 21.0. The van der Waals surface area contributed by atoms with E-state index in [0.717, 1.165) is 23.3 Å². The Labute approximate surface area is 322 Å². The van der Waals surface area contributed by atoms with Crippen LogP contribution in [0.5, 0.6) is 11.5 Å². The summed E-state index contributed by atoms with van der Waals surface area (Å²) < 4.78 is 6.92. The van der Waals surface area contributed by atoms with Crippen LogP contribution in [0.2, 0.25) is 0 Å². The number of fused-ring (bicyclic) bond motifs is 12. The minimum Gasteiger partial charge on any atom is -0.457 e. The van der Waals surface area contributed by atoms with E-state index in [-0.39, 0.29) is 21.7 Å². The number of nitrogens with zero attached hydrogens (tertiary/aromatic N) is 1. The van der Waals surface area contributed by atoms with E-state index >= 15 is 0 Å². The minimum absolute atomic E-state index is 0.0270. The molecule has 0 N–H and O–H groups in total. The normalized spacial score (nSPS) is 31.4. The molecule has 2 heteroatoms. The highest BCUT2D eigenvalue weighted by molar-refractivity contribution is 5.86. The Morgan fingerprint density at radius 2 is 1.06 bits per heavy atom. The Balaban J connectivity index is 1.08. The Morgan fingerprint density at radius 1 is 0.500 bits per heavy atom. The molecule has 54 heavy (non-hydrogen) atoms. The van der Waals surface area contributed by atoms with Crippen molar-refractivity contribution in [3.63, 3.8) is 0 Å². The van der Waals surface area contributed by atoms with Crippen LogP contribution < -0.4 is 9.64 Å². The van der Waals surface area contributed by atoms with Crippen LogP contribution in [0.15, 0.2) is 103 Å². The smallest absolute Gasteiger partial charge is 0.131 e. The van der Waals surface area contributed by atoms with Crippen LogP contribution >= 0.6 is 0 Å².